The maximum Gasteiger partial charge on any atom is 0.416 e. The number of carbonyl (C=O) groups excluding carboxylic acids is 2. The second kappa shape index (κ2) is 7.29. The second-order valence-electron chi connectivity index (χ2n) is 7.10. The summed E-state index contributed by atoms with van der Waals surface area (Å²) in [6.45, 7) is 0.591. The number of ether oxygens (including phenoxy) is 1. The Hall–Kier alpha value is -2.05. The summed E-state index contributed by atoms with van der Waals surface area (Å²) in [6.07, 6.45) is 0.653. The smallest absolute Gasteiger partial charge is 0.416 e. The van der Waals surface area contributed by atoms with Crippen LogP contribution in [0.4, 0.5) is 13.2 Å². The highest BCUT2D eigenvalue weighted by molar-refractivity contribution is 6.06. The van der Waals surface area contributed by atoms with Crippen LogP contribution in [0.2, 0.25) is 0 Å². The molecule has 2 aliphatic rings. The average Bonchev–Trinajstić information content (AvgIpc) is 3.14. The summed E-state index contributed by atoms with van der Waals surface area (Å²) in [4.78, 5) is 26.0. The zero-order valence-corrected chi connectivity index (χ0v) is 14.5. The number of carbonyl (C=O) groups is 2. The van der Waals surface area contributed by atoms with Crippen LogP contribution < -0.4 is 4.74 Å². The van der Waals surface area contributed by atoms with E-state index in [9.17, 15) is 22.8 Å². The molecule has 1 aromatic carbocycles. The Morgan fingerprint density at radius 1 is 1.12 bits per heavy atom. The molecule has 1 saturated heterocycles. The molecule has 7 heteroatoms. The first-order valence-electron chi connectivity index (χ1n) is 8.97. The molecule has 1 aliphatic heterocycles. The van der Waals surface area contributed by atoms with E-state index in [-0.39, 0.29) is 24.2 Å². The number of imide groups is 1. The van der Waals surface area contributed by atoms with E-state index in [4.69, 9.17) is 4.74 Å². The van der Waals surface area contributed by atoms with Gasteiger partial charge in [0.2, 0.25) is 11.8 Å². The predicted molar refractivity (Wildman–Crippen MR) is 88.4 cm³/mol. The molecular weight excluding hydrogens is 347 g/mol. The Bertz CT molecular complexity index is 681. The van der Waals surface area contributed by atoms with E-state index in [0.717, 1.165) is 37.8 Å². The second-order valence-corrected chi connectivity index (χ2v) is 7.10. The molecule has 26 heavy (non-hydrogen) atoms. The fourth-order valence-electron chi connectivity index (χ4n) is 3.85. The molecule has 0 aromatic heterocycles. The highest BCUT2D eigenvalue weighted by Crippen LogP contribution is 2.46. The largest absolute Gasteiger partial charge is 0.494 e. The Balaban J connectivity index is 1.44. The Morgan fingerprint density at radius 2 is 1.85 bits per heavy atom. The van der Waals surface area contributed by atoms with E-state index >= 15 is 0 Å². The minimum Gasteiger partial charge on any atom is -0.494 e. The average molecular weight is 369 g/mol. The van der Waals surface area contributed by atoms with Crippen molar-refractivity contribution in [2.75, 3.05) is 13.2 Å². The number of likely N-dealkylation sites (tertiary alicyclic amines) is 1. The van der Waals surface area contributed by atoms with E-state index in [2.05, 4.69) is 0 Å². The number of halogens is 3. The molecule has 1 heterocycles. The summed E-state index contributed by atoms with van der Waals surface area (Å²) in [7, 11) is 0. The number of rotatable bonds is 6. The van der Waals surface area contributed by atoms with E-state index in [0.29, 0.717) is 25.8 Å². The van der Waals surface area contributed by atoms with Gasteiger partial charge in [0.25, 0.3) is 0 Å². The van der Waals surface area contributed by atoms with E-state index < -0.39 is 17.2 Å². The minimum absolute atomic E-state index is 0.0428. The lowest BCUT2D eigenvalue weighted by Crippen LogP contribution is -2.35. The molecule has 0 radical (unpaired) electrons. The first kappa shape index (κ1) is 18.7. The monoisotopic (exact) mass is 369 g/mol. The fraction of sp³-hybridized carbons (Fsp3) is 0.579. The summed E-state index contributed by atoms with van der Waals surface area (Å²) in [6, 6.07) is 4.75. The van der Waals surface area contributed by atoms with Gasteiger partial charge in [0.15, 0.2) is 0 Å². The third kappa shape index (κ3) is 3.86. The van der Waals surface area contributed by atoms with Crippen molar-refractivity contribution in [1.29, 1.82) is 0 Å². The zero-order valence-electron chi connectivity index (χ0n) is 14.5. The lowest BCUT2D eigenvalue weighted by molar-refractivity contribution is -0.141. The molecule has 0 atom stereocenters. The molecular formula is C19H22F3NO3. The predicted octanol–water partition coefficient (Wildman–Crippen LogP) is 4.18. The van der Waals surface area contributed by atoms with Gasteiger partial charge in [-0.25, -0.2) is 0 Å². The van der Waals surface area contributed by atoms with Gasteiger partial charge < -0.3 is 4.74 Å². The van der Waals surface area contributed by atoms with Gasteiger partial charge in [0.1, 0.15) is 5.75 Å². The fourth-order valence-corrected chi connectivity index (χ4v) is 3.85. The quantitative estimate of drug-likeness (QED) is 0.558. The maximum atomic E-state index is 12.7. The van der Waals surface area contributed by atoms with Crippen LogP contribution in [0.1, 0.15) is 50.5 Å². The summed E-state index contributed by atoms with van der Waals surface area (Å²) >= 11 is 0. The normalized spacial score (nSPS) is 19.6. The first-order valence-corrected chi connectivity index (χ1v) is 8.97. The molecule has 0 unspecified atom stereocenters. The van der Waals surface area contributed by atoms with Crippen LogP contribution in [0.15, 0.2) is 24.3 Å². The number of hydrogen-bond acceptors (Lipinski definition) is 3. The Morgan fingerprint density at radius 3 is 2.54 bits per heavy atom. The number of amides is 2. The molecule has 4 nitrogen and oxygen atoms in total. The lowest BCUT2D eigenvalue weighted by atomic mass is 9.84. The van der Waals surface area contributed by atoms with Crippen LogP contribution in [0.3, 0.4) is 0 Å². The first-order chi connectivity index (χ1) is 12.3. The number of alkyl halides is 3. The highest BCUT2D eigenvalue weighted by atomic mass is 19.4. The van der Waals surface area contributed by atoms with Crippen molar-refractivity contribution in [3.63, 3.8) is 0 Å². The van der Waals surface area contributed by atoms with Crippen molar-refractivity contribution in [3.05, 3.63) is 29.8 Å². The number of hydrogen-bond donors (Lipinski definition) is 0. The molecule has 2 fully saturated rings. The van der Waals surface area contributed by atoms with Crippen molar-refractivity contribution in [2.24, 2.45) is 5.41 Å². The van der Waals surface area contributed by atoms with Gasteiger partial charge in [0, 0.05) is 13.0 Å². The van der Waals surface area contributed by atoms with Gasteiger partial charge in [-0.1, -0.05) is 18.9 Å². The van der Waals surface area contributed by atoms with Crippen molar-refractivity contribution in [2.45, 2.75) is 51.1 Å². The molecule has 3 rings (SSSR count). The topological polar surface area (TPSA) is 46.6 Å². The lowest BCUT2D eigenvalue weighted by Gasteiger charge is -2.20. The molecule has 1 saturated carbocycles. The zero-order chi connectivity index (χ0) is 18.8. The molecule has 0 N–H and O–H groups in total. The molecule has 1 aromatic rings. The van der Waals surface area contributed by atoms with Crippen LogP contribution >= 0.6 is 0 Å². The summed E-state index contributed by atoms with van der Waals surface area (Å²) in [5, 5.41) is 0. The van der Waals surface area contributed by atoms with Crippen LogP contribution in [0.5, 0.6) is 5.75 Å². The van der Waals surface area contributed by atoms with Crippen molar-refractivity contribution >= 4 is 11.8 Å². The summed E-state index contributed by atoms with van der Waals surface area (Å²) < 4.78 is 43.3. The standard InChI is InChI=1S/C19H22F3NO3/c20-19(21,22)14-6-5-7-15(12-14)26-11-4-3-10-23-16(24)13-18(17(23)25)8-1-2-9-18/h5-7,12H,1-4,8-11,13H2. The molecule has 0 bridgehead atoms. The van der Waals surface area contributed by atoms with E-state index in [1.165, 1.54) is 17.0 Å². The minimum atomic E-state index is -4.40. The Labute approximate surface area is 150 Å². The SMILES string of the molecule is O=C1CC2(CCCC2)C(=O)N1CCCCOc1cccc(C(F)(F)F)c1. The Kier molecular flexibility index (Phi) is 5.25. The molecule has 2 amide bonds. The van der Waals surface area contributed by atoms with E-state index in [1.807, 2.05) is 0 Å². The van der Waals surface area contributed by atoms with Gasteiger partial charge >= 0.3 is 6.18 Å². The summed E-state index contributed by atoms with van der Waals surface area (Å²) in [5.74, 6) is 0.0209. The summed E-state index contributed by atoms with van der Waals surface area (Å²) in [5.41, 5.74) is -1.20. The van der Waals surface area contributed by atoms with Crippen LogP contribution in [0.25, 0.3) is 0 Å². The third-order valence-electron chi connectivity index (χ3n) is 5.26. The van der Waals surface area contributed by atoms with Crippen LogP contribution in [0, 0.1) is 5.41 Å². The maximum absolute atomic E-state index is 12.7. The number of nitrogens with zero attached hydrogens (tertiary/aromatic N) is 1. The number of unbranched alkanes of at least 4 members (excludes halogenated alkanes) is 1. The molecule has 1 aliphatic carbocycles. The van der Waals surface area contributed by atoms with Gasteiger partial charge in [-0.15, -0.1) is 0 Å². The highest BCUT2D eigenvalue weighted by Gasteiger charge is 2.52. The van der Waals surface area contributed by atoms with Crippen molar-refractivity contribution in [1.82, 2.24) is 4.90 Å². The van der Waals surface area contributed by atoms with Crippen molar-refractivity contribution in [3.8, 4) is 5.75 Å². The number of benzene rings is 1. The van der Waals surface area contributed by atoms with Gasteiger partial charge in [-0.2, -0.15) is 13.2 Å². The van der Waals surface area contributed by atoms with Crippen molar-refractivity contribution < 1.29 is 27.5 Å². The van der Waals surface area contributed by atoms with Gasteiger partial charge in [0.05, 0.1) is 17.6 Å². The van der Waals surface area contributed by atoms with Crippen LogP contribution in [-0.4, -0.2) is 29.9 Å². The third-order valence-corrected chi connectivity index (χ3v) is 5.26. The molecule has 142 valence electrons. The van der Waals surface area contributed by atoms with Gasteiger partial charge in [-0.05, 0) is 43.9 Å². The van der Waals surface area contributed by atoms with E-state index in [1.54, 1.807) is 0 Å². The van der Waals surface area contributed by atoms with Gasteiger partial charge in [-0.3, -0.25) is 14.5 Å². The molecule has 1 spiro atoms. The van der Waals surface area contributed by atoms with Crippen LogP contribution in [-0.2, 0) is 15.8 Å².